The van der Waals surface area contributed by atoms with Gasteiger partial charge in [-0.15, -0.1) is 0 Å². The maximum Gasteiger partial charge on any atom is 0.144 e. The number of aryl methyl sites for hydroxylation is 1. The Morgan fingerprint density at radius 2 is 2.12 bits per heavy atom. The van der Waals surface area contributed by atoms with Gasteiger partial charge in [0.15, 0.2) is 0 Å². The summed E-state index contributed by atoms with van der Waals surface area (Å²) in [4.78, 5) is 4.24. The molecule has 1 heterocycles. The fourth-order valence-corrected chi connectivity index (χ4v) is 1.84. The maximum absolute atomic E-state index is 11.9. The monoisotopic (exact) mass is 252 g/mol. The van der Waals surface area contributed by atoms with Gasteiger partial charge in [-0.05, 0) is 46.2 Å². The Balaban J connectivity index is 2.95. The van der Waals surface area contributed by atoms with E-state index in [-0.39, 0.29) is 4.75 Å². The van der Waals surface area contributed by atoms with E-state index in [9.17, 15) is 4.55 Å². The molecule has 0 bridgehead atoms. The molecule has 0 aromatic carbocycles. The quantitative estimate of drug-likeness (QED) is 0.613. The lowest BCUT2D eigenvalue weighted by Gasteiger charge is -2.18. The van der Waals surface area contributed by atoms with Gasteiger partial charge in [0.25, 0.3) is 0 Å². The summed E-state index contributed by atoms with van der Waals surface area (Å²) < 4.78 is 15.8. The van der Waals surface area contributed by atoms with Crippen LogP contribution in [0.5, 0.6) is 0 Å². The Morgan fingerprint density at radius 3 is 2.65 bits per heavy atom. The second kappa shape index (κ2) is 5.65. The van der Waals surface area contributed by atoms with Crippen LogP contribution in [0.2, 0.25) is 0 Å². The molecule has 1 atom stereocenters. The number of nitrogens with zero attached hydrogens (tertiary/aromatic N) is 2. The first-order valence-electron chi connectivity index (χ1n) is 5.77. The van der Waals surface area contributed by atoms with Crippen LogP contribution in [0.15, 0.2) is 22.7 Å². The molecule has 0 saturated heterocycles. The second-order valence-electron chi connectivity index (χ2n) is 4.93. The number of pyridine rings is 1. The van der Waals surface area contributed by atoms with E-state index in [0.717, 1.165) is 23.4 Å². The fourth-order valence-electron chi connectivity index (χ4n) is 1.21. The predicted molar refractivity (Wildman–Crippen MR) is 73.7 cm³/mol. The van der Waals surface area contributed by atoms with Crippen LogP contribution in [0.4, 0.5) is 0 Å². The molecule has 1 unspecified atom stereocenters. The first-order valence-corrected chi connectivity index (χ1v) is 6.88. The second-order valence-corrected chi connectivity index (χ2v) is 6.83. The molecular weight excluding hydrogens is 232 g/mol. The van der Waals surface area contributed by atoms with Crippen LogP contribution in [-0.2, 0) is 17.8 Å². The lowest BCUT2D eigenvalue weighted by Crippen LogP contribution is -2.26. The van der Waals surface area contributed by atoms with Crippen molar-refractivity contribution in [2.45, 2.75) is 45.8 Å². The summed E-state index contributed by atoms with van der Waals surface area (Å²) in [6.07, 6.45) is 2.66. The maximum atomic E-state index is 11.9. The van der Waals surface area contributed by atoms with E-state index >= 15 is 0 Å². The van der Waals surface area contributed by atoms with E-state index in [2.05, 4.69) is 16.3 Å². The summed E-state index contributed by atoms with van der Waals surface area (Å²) in [6, 6.07) is 3.90. The van der Waals surface area contributed by atoms with Crippen molar-refractivity contribution in [1.29, 1.82) is 0 Å². The zero-order valence-corrected chi connectivity index (χ0v) is 12.0. The fraction of sp³-hybridized carbons (Fsp3) is 0.538. The number of hydrogen-bond acceptors (Lipinski definition) is 3. The van der Waals surface area contributed by atoms with Gasteiger partial charge in [0.1, 0.15) is 16.1 Å². The van der Waals surface area contributed by atoms with Gasteiger partial charge < -0.3 is 4.55 Å². The van der Waals surface area contributed by atoms with Crippen LogP contribution in [0, 0.1) is 0 Å². The molecule has 0 aliphatic heterocycles. The zero-order chi connectivity index (χ0) is 13.1. The molecule has 0 spiro atoms. The highest BCUT2D eigenvalue weighted by molar-refractivity contribution is 7.91. The average molecular weight is 252 g/mol. The van der Waals surface area contributed by atoms with Crippen LogP contribution < -0.4 is 0 Å². The topological polar surface area (TPSA) is 48.3 Å². The highest BCUT2D eigenvalue weighted by Gasteiger charge is 2.26. The van der Waals surface area contributed by atoms with E-state index in [4.69, 9.17) is 0 Å². The van der Waals surface area contributed by atoms with Crippen molar-refractivity contribution < 1.29 is 4.55 Å². The average Bonchev–Trinajstić information content (AvgIpc) is 2.27. The van der Waals surface area contributed by atoms with E-state index in [0.29, 0.717) is 0 Å². The zero-order valence-electron chi connectivity index (χ0n) is 11.2. The molecule has 0 aliphatic rings. The predicted octanol–water partition coefficient (Wildman–Crippen LogP) is 2.92. The highest BCUT2D eigenvalue weighted by atomic mass is 32.2. The molecule has 4 heteroatoms. The number of rotatable bonds is 3. The Bertz CT molecular complexity index is 410. The Labute approximate surface area is 107 Å². The van der Waals surface area contributed by atoms with Crippen LogP contribution in [0.3, 0.4) is 0 Å². The molecule has 1 aromatic rings. The Kier molecular flexibility index (Phi) is 4.71. The van der Waals surface area contributed by atoms with Gasteiger partial charge in [0, 0.05) is 17.5 Å². The summed E-state index contributed by atoms with van der Waals surface area (Å²) in [7, 11) is 0. The van der Waals surface area contributed by atoms with E-state index < -0.39 is 11.4 Å². The molecular formula is C13H20N2OS. The number of aromatic nitrogens is 1. The third kappa shape index (κ3) is 4.13. The lowest BCUT2D eigenvalue weighted by molar-refractivity contribution is 0.561. The third-order valence-electron chi connectivity index (χ3n) is 2.34. The smallest absolute Gasteiger partial charge is 0.144 e. The first kappa shape index (κ1) is 14.2. The van der Waals surface area contributed by atoms with Crippen molar-refractivity contribution in [2.75, 3.05) is 0 Å². The van der Waals surface area contributed by atoms with Gasteiger partial charge in [-0.3, -0.25) is 4.98 Å². The standard InChI is InChI=1S/C13H20N2OS/c1-6-12-9-11(7-8-14-12)10(2)15-17(16)13(3,4)5/h7-9H,6H2,1-5H3. The summed E-state index contributed by atoms with van der Waals surface area (Å²) in [5.74, 6) is 0. The van der Waals surface area contributed by atoms with Gasteiger partial charge in [0.05, 0.1) is 5.71 Å². The Hall–Kier alpha value is -0.870. The SMILES string of the molecule is CCc1cc(C(C)=N[S+]([O-])C(C)(C)C)ccn1. The van der Waals surface area contributed by atoms with Crippen molar-refractivity contribution in [2.24, 2.45) is 4.40 Å². The highest BCUT2D eigenvalue weighted by Crippen LogP contribution is 2.18. The molecule has 94 valence electrons. The molecule has 0 saturated carbocycles. The first-order chi connectivity index (χ1) is 7.84. The summed E-state index contributed by atoms with van der Waals surface area (Å²) in [5.41, 5.74) is 2.82. The molecule has 0 radical (unpaired) electrons. The van der Waals surface area contributed by atoms with E-state index in [1.807, 2.05) is 39.8 Å². The molecule has 17 heavy (non-hydrogen) atoms. The van der Waals surface area contributed by atoms with Crippen molar-refractivity contribution in [3.63, 3.8) is 0 Å². The van der Waals surface area contributed by atoms with E-state index in [1.165, 1.54) is 0 Å². The number of hydrogen-bond donors (Lipinski definition) is 0. The van der Waals surface area contributed by atoms with Crippen LogP contribution in [0.1, 0.15) is 45.9 Å². The van der Waals surface area contributed by atoms with Gasteiger partial charge in [-0.2, -0.15) is 0 Å². The Morgan fingerprint density at radius 1 is 1.47 bits per heavy atom. The van der Waals surface area contributed by atoms with Crippen molar-refractivity contribution in [1.82, 2.24) is 4.98 Å². The van der Waals surface area contributed by atoms with Crippen molar-refractivity contribution >= 4 is 17.1 Å². The molecule has 1 aromatic heterocycles. The summed E-state index contributed by atoms with van der Waals surface area (Å²) >= 11 is -1.21. The van der Waals surface area contributed by atoms with Gasteiger partial charge >= 0.3 is 0 Å². The van der Waals surface area contributed by atoms with Crippen LogP contribution in [0.25, 0.3) is 0 Å². The van der Waals surface area contributed by atoms with Crippen LogP contribution in [-0.4, -0.2) is 20.0 Å². The van der Waals surface area contributed by atoms with Crippen LogP contribution >= 0.6 is 0 Å². The van der Waals surface area contributed by atoms with Gasteiger partial charge in [0.2, 0.25) is 0 Å². The van der Waals surface area contributed by atoms with Gasteiger partial charge in [-0.25, -0.2) is 0 Å². The molecule has 0 amide bonds. The minimum atomic E-state index is -1.21. The molecule has 3 nitrogen and oxygen atoms in total. The normalized spacial score (nSPS) is 14.8. The largest absolute Gasteiger partial charge is 0.591 e. The van der Waals surface area contributed by atoms with E-state index in [1.54, 1.807) is 6.20 Å². The minimum Gasteiger partial charge on any atom is -0.591 e. The minimum absolute atomic E-state index is 0.318. The van der Waals surface area contributed by atoms with Crippen molar-refractivity contribution in [3.8, 4) is 0 Å². The molecule has 1 rings (SSSR count). The lowest BCUT2D eigenvalue weighted by atomic mass is 10.1. The molecule has 0 N–H and O–H groups in total. The molecule has 0 aliphatic carbocycles. The van der Waals surface area contributed by atoms with Gasteiger partial charge in [-0.1, -0.05) is 11.3 Å². The molecule has 0 fully saturated rings. The third-order valence-corrected chi connectivity index (χ3v) is 3.83. The summed E-state index contributed by atoms with van der Waals surface area (Å²) in [6.45, 7) is 9.71. The summed E-state index contributed by atoms with van der Waals surface area (Å²) in [5, 5.41) is 0. The van der Waals surface area contributed by atoms with Crippen molar-refractivity contribution in [3.05, 3.63) is 29.6 Å².